The van der Waals surface area contributed by atoms with Crippen LogP contribution in [0.5, 0.6) is 5.75 Å². The zero-order valence-electron chi connectivity index (χ0n) is 14.2. The third-order valence-corrected chi connectivity index (χ3v) is 4.22. The summed E-state index contributed by atoms with van der Waals surface area (Å²) in [4.78, 5) is 15.5. The van der Waals surface area contributed by atoms with E-state index in [-0.39, 0.29) is 6.10 Å². The van der Waals surface area contributed by atoms with Gasteiger partial charge in [-0.05, 0) is 36.8 Å². The number of likely N-dealkylation sites (tertiary alicyclic amines) is 1. The van der Waals surface area contributed by atoms with Crippen LogP contribution < -0.4 is 4.74 Å². The predicted octanol–water partition coefficient (Wildman–Crippen LogP) is 3.11. The molecule has 3 heterocycles. The van der Waals surface area contributed by atoms with Crippen LogP contribution in [-0.2, 0) is 6.54 Å². The van der Waals surface area contributed by atoms with Gasteiger partial charge in [0, 0.05) is 43.8 Å². The van der Waals surface area contributed by atoms with Gasteiger partial charge in [-0.25, -0.2) is 9.97 Å². The van der Waals surface area contributed by atoms with E-state index in [0.717, 1.165) is 36.6 Å². The van der Waals surface area contributed by atoms with Gasteiger partial charge in [0.1, 0.15) is 17.5 Å². The van der Waals surface area contributed by atoms with Crippen molar-refractivity contribution in [2.75, 3.05) is 13.1 Å². The number of benzene rings is 1. The first-order chi connectivity index (χ1) is 12.3. The molecule has 5 heteroatoms. The average molecular weight is 332 g/mol. The number of aromatic nitrogens is 3. The van der Waals surface area contributed by atoms with Crippen LogP contribution in [0.3, 0.4) is 0 Å². The highest BCUT2D eigenvalue weighted by Gasteiger charge is 2.28. The Morgan fingerprint density at radius 3 is 2.60 bits per heavy atom. The van der Waals surface area contributed by atoms with Crippen molar-refractivity contribution in [2.45, 2.75) is 19.6 Å². The van der Waals surface area contributed by atoms with Gasteiger partial charge < -0.3 is 4.74 Å². The van der Waals surface area contributed by atoms with Crippen LogP contribution in [0.4, 0.5) is 0 Å². The largest absolute Gasteiger partial charge is 0.488 e. The highest BCUT2D eigenvalue weighted by molar-refractivity contribution is 5.47. The number of nitrogens with zero attached hydrogens (tertiary/aromatic N) is 4. The van der Waals surface area contributed by atoms with E-state index in [1.807, 2.05) is 42.7 Å². The van der Waals surface area contributed by atoms with E-state index in [1.165, 1.54) is 5.56 Å². The van der Waals surface area contributed by atoms with Crippen molar-refractivity contribution >= 4 is 0 Å². The van der Waals surface area contributed by atoms with Crippen LogP contribution in [0.15, 0.2) is 61.1 Å². The molecule has 0 bridgehead atoms. The van der Waals surface area contributed by atoms with E-state index in [0.29, 0.717) is 5.82 Å². The molecule has 4 rings (SSSR count). The third kappa shape index (κ3) is 3.83. The maximum Gasteiger partial charge on any atom is 0.178 e. The Labute approximate surface area is 147 Å². The Hall–Kier alpha value is -2.79. The Morgan fingerprint density at radius 1 is 1.04 bits per heavy atom. The zero-order chi connectivity index (χ0) is 17.1. The number of aryl methyl sites for hydroxylation is 1. The number of hydrogen-bond acceptors (Lipinski definition) is 5. The van der Waals surface area contributed by atoms with Crippen LogP contribution in [-0.4, -0.2) is 39.0 Å². The van der Waals surface area contributed by atoms with Gasteiger partial charge >= 0.3 is 0 Å². The molecule has 0 atom stereocenters. The molecule has 0 N–H and O–H groups in total. The van der Waals surface area contributed by atoms with E-state index < -0.39 is 0 Å². The Balaban J connectivity index is 1.29. The molecule has 5 nitrogen and oxygen atoms in total. The SMILES string of the molecule is Cc1cccc(OC2CN(Cc3cnc(-c4ccccn4)nc3)C2)c1. The minimum absolute atomic E-state index is 0.260. The van der Waals surface area contributed by atoms with Gasteiger partial charge in [0.2, 0.25) is 0 Å². The fraction of sp³-hybridized carbons (Fsp3) is 0.250. The molecule has 2 aromatic heterocycles. The van der Waals surface area contributed by atoms with E-state index in [2.05, 4.69) is 38.9 Å². The van der Waals surface area contributed by atoms with Crippen LogP contribution in [0.2, 0.25) is 0 Å². The topological polar surface area (TPSA) is 51.1 Å². The van der Waals surface area contributed by atoms with Crippen LogP contribution in [0.25, 0.3) is 11.5 Å². The van der Waals surface area contributed by atoms with Gasteiger partial charge in [-0.2, -0.15) is 0 Å². The summed E-state index contributed by atoms with van der Waals surface area (Å²) >= 11 is 0. The molecule has 0 amide bonds. The van der Waals surface area contributed by atoms with Gasteiger partial charge in [-0.3, -0.25) is 9.88 Å². The summed E-state index contributed by atoms with van der Waals surface area (Å²) in [6.45, 7) is 4.77. The summed E-state index contributed by atoms with van der Waals surface area (Å²) in [6.07, 6.45) is 5.77. The summed E-state index contributed by atoms with van der Waals surface area (Å²) in [5, 5.41) is 0. The summed E-state index contributed by atoms with van der Waals surface area (Å²) in [6, 6.07) is 13.9. The van der Waals surface area contributed by atoms with Crippen LogP contribution in [0.1, 0.15) is 11.1 Å². The fourth-order valence-corrected chi connectivity index (χ4v) is 2.93. The second-order valence-electron chi connectivity index (χ2n) is 6.38. The highest BCUT2D eigenvalue weighted by Crippen LogP contribution is 2.20. The minimum Gasteiger partial charge on any atom is -0.488 e. The smallest absolute Gasteiger partial charge is 0.178 e. The molecule has 126 valence electrons. The molecule has 0 spiro atoms. The number of rotatable bonds is 5. The van der Waals surface area contributed by atoms with Crippen molar-refractivity contribution < 1.29 is 4.74 Å². The van der Waals surface area contributed by atoms with E-state index in [9.17, 15) is 0 Å². The van der Waals surface area contributed by atoms with Crippen LogP contribution >= 0.6 is 0 Å². The molecule has 1 saturated heterocycles. The molecule has 0 radical (unpaired) electrons. The molecular weight excluding hydrogens is 312 g/mol. The number of hydrogen-bond donors (Lipinski definition) is 0. The first-order valence-corrected chi connectivity index (χ1v) is 8.44. The standard InChI is InChI=1S/C20H20N4O/c1-15-5-4-6-17(9-15)25-18-13-24(14-18)12-16-10-22-20(23-11-16)19-7-2-3-8-21-19/h2-11,18H,12-14H2,1H3. The molecule has 25 heavy (non-hydrogen) atoms. The van der Waals surface area contributed by atoms with Crippen LogP contribution in [0, 0.1) is 6.92 Å². The normalized spacial score (nSPS) is 14.9. The first-order valence-electron chi connectivity index (χ1n) is 8.44. The molecule has 0 unspecified atom stereocenters. The summed E-state index contributed by atoms with van der Waals surface area (Å²) in [5.41, 5.74) is 3.12. The van der Waals surface area contributed by atoms with Crippen molar-refractivity contribution in [1.82, 2.24) is 19.9 Å². The lowest BCUT2D eigenvalue weighted by Crippen LogP contribution is -2.53. The quantitative estimate of drug-likeness (QED) is 0.718. The highest BCUT2D eigenvalue weighted by atomic mass is 16.5. The van der Waals surface area contributed by atoms with Gasteiger partial charge in [-0.15, -0.1) is 0 Å². The van der Waals surface area contributed by atoms with Gasteiger partial charge in [-0.1, -0.05) is 18.2 Å². The molecular formula is C20H20N4O. The molecule has 1 aliphatic heterocycles. The monoisotopic (exact) mass is 332 g/mol. The molecule has 0 saturated carbocycles. The van der Waals surface area contributed by atoms with Crippen molar-refractivity contribution in [1.29, 1.82) is 0 Å². The van der Waals surface area contributed by atoms with Gasteiger partial charge in [0.05, 0.1) is 0 Å². The summed E-state index contributed by atoms with van der Waals surface area (Å²) < 4.78 is 5.99. The van der Waals surface area contributed by atoms with Gasteiger partial charge in [0.25, 0.3) is 0 Å². The summed E-state index contributed by atoms with van der Waals surface area (Å²) in [7, 11) is 0. The molecule has 1 aromatic carbocycles. The predicted molar refractivity (Wildman–Crippen MR) is 96.1 cm³/mol. The van der Waals surface area contributed by atoms with E-state index in [4.69, 9.17) is 4.74 Å². The molecule has 1 fully saturated rings. The van der Waals surface area contributed by atoms with Gasteiger partial charge in [0.15, 0.2) is 5.82 Å². The second kappa shape index (κ2) is 6.99. The number of pyridine rings is 1. The maximum atomic E-state index is 5.99. The fourth-order valence-electron chi connectivity index (χ4n) is 2.93. The zero-order valence-corrected chi connectivity index (χ0v) is 14.2. The minimum atomic E-state index is 0.260. The second-order valence-corrected chi connectivity index (χ2v) is 6.38. The lowest BCUT2D eigenvalue weighted by Gasteiger charge is -2.38. The van der Waals surface area contributed by atoms with Crippen molar-refractivity contribution in [3.05, 3.63) is 72.2 Å². The lowest BCUT2D eigenvalue weighted by molar-refractivity contribution is 0.0144. The van der Waals surface area contributed by atoms with Crippen molar-refractivity contribution in [2.24, 2.45) is 0 Å². The molecule has 1 aliphatic rings. The van der Waals surface area contributed by atoms with E-state index in [1.54, 1.807) is 6.20 Å². The molecule has 0 aliphatic carbocycles. The number of ether oxygens (including phenoxy) is 1. The Kier molecular flexibility index (Phi) is 4.39. The molecule has 3 aromatic rings. The Bertz CT molecular complexity index is 830. The lowest BCUT2D eigenvalue weighted by atomic mass is 10.1. The first kappa shape index (κ1) is 15.7. The van der Waals surface area contributed by atoms with Crippen molar-refractivity contribution in [3.8, 4) is 17.3 Å². The maximum absolute atomic E-state index is 5.99. The average Bonchev–Trinajstić information content (AvgIpc) is 2.61. The van der Waals surface area contributed by atoms with Crippen molar-refractivity contribution in [3.63, 3.8) is 0 Å². The third-order valence-electron chi connectivity index (χ3n) is 4.22. The summed E-state index contributed by atoms with van der Waals surface area (Å²) in [5.74, 6) is 1.61. The Morgan fingerprint density at radius 2 is 1.88 bits per heavy atom. The van der Waals surface area contributed by atoms with E-state index >= 15 is 0 Å².